The van der Waals surface area contributed by atoms with Gasteiger partial charge in [-0.3, -0.25) is 9.59 Å². The maximum atomic E-state index is 12.6. The first-order valence-corrected chi connectivity index (χ1v) is 9.47. The Bertz CT molecular complexity index is 860. The Hall–Kier alpha value is -2.96. The van der Waals surface area contributed by atoms with E-state index in [1.165, 1.54) is 0 Å². The van der Waals surface area contributed by atoms with Crippen LogP contribution in [0.4, 0.5) is 5.82 Å². The molecule has 0 unspecified atom stereocenters. The number of hydrogen-bond acceptors (Lipinski definition) is 6. The fourth-order valence-corrected chi connectivity index (χ4v) is 3.35. The standard InChI is InChI=1S/C21H26N4O3/c1-15-4-6-19(28-3)17(12-15)18(26)5-7-21(27)25-10-8-24(9-11-25)20-13-16(2)22-14-23-20/h4,6,12-14H,5,7-11H2,1-3H3. The van der Waals surface area contributed by atoms with E-state index in [1.54, 1.807) is 19.5 Å². The Labute approximate surface area is 165 Å². The fourth-order valence-electron chi connectivity index (χ4n) is 3.35. The summed E-state index contributed by atoms with van der Waals surface area (Å²) in [5.41, 5.74) is 2.46. The van der Waals surface area contributed by atoms with Gasteiger partial charge in [0.2, 0.25) is 5.91 Å². The minimum absolute atomic E-state index is 0.0125. The molecule has 0 radical (unpaired) electrons. The van der Waals surface area contributed by atoms with Gasteiger partial charge in [-0.05, 0) is 26.0 Å². The van der Waals surface area contributed by atoms with E-state index in [-0.39, 0.29) is 24.5 Å². The van der Waals surface area contributed by atoms with Crippen molar-refractivity contribution in [1.82, 2.24) is 14.9 Å². The first kappa shape index (κ1) is 19.8. The summed E-state index contributed by atoms with van der Waals surface area (Å²) >= 11 is 0. The predicted molar refractivity (Wildman–Crippen MR) is 107 cm³/mol. The molecule has 28 heavy (non-hydrogen) atoms. The quantitative estimate of drug-likeness (QED) is 0.714. The van der Waals surface area contributed by atoms with Crippen LogP contribution in [-0.4, -0.2) is 59.8 Å². The summed E-state index contributed by atoms with van der Waals surface area (Å²) in [6.45, 7) is 6.57. The number of methoxy groups -OCH3 is 1. The highest BCUT2D eigenvalue weighted by atomic mass is 16.5. The molecule has 1 aromatic heterocycles. The molecule has 1 aliphatic rings. The SMILES string of the molecule is COc1ccc(C)cc1C(=O)CCC(=O)N1CCN(c2cc(C)ncn2)CC1. The van der Waals surface area contributed by atoms with Crippen LogP contribution in [0.1, 0.15) is 34.5 Å². The van der Waals surface area contributed by atoms with Crippen molar-refractivity contribution >= 4 is 17.5 Å². The van der Waals surface area contributed by atoms with E-state index >= 15 is 0 Å². The molecule has 148 valence electrons. The van der Waals surface area contributed by atoms with Gasteiger partial charge in [-0.25, -0.2) is 9.97 Å². The molecule has 1 amide bonds. The molecule has 0 spiro atoms. The monoisotopic (exact) mass is 382 g/mol. The van der Waals surface area contributed by atoms with Crippen molar-refractivity contribution < 1.29 is 14.3 Å². The summed E-state index contributed by atoms with van der Waals surface area (Å²) in [6, 6.07) is 7.46. The van der Waals surface area contributed by atoms with Crippen LogP contribution < -0.4 is 9.64 Å². The summed E-state index contributed by atoms with van der Waals surface area (Å²) in [7, 11) is 1.55. The first-order chi connectivity index (χ1) is 13.5. The zero-order valence-electron chi connectivity index (χ0n) is 16.6. The largest absolute Gasteiger partial charge is 0.496 e. The van der Waals surface area contributed by atoms with Gasteiger partial charge in [0.05, 0.1) is 12.7 Å². The van der Waals surface area contributed by atoms with Gasteiger partial charge in [0, 0.05) is 50.8 Å². The number of anilines is 1. The molecule has 1 aliphatic heterocycles. The van der Waals surface area contributed by atoms with Crippen LogP contribution >= 0.6 is 0 Å². The number of Topliss-reactive ketones (excluding diaryl/α,β-unsaturated/α-hetero) is 1. The lowest BCUT2D eigenvalue weighted by Crippen LogP contribution is -2.49. The average molecular weight is 382 g/mol. The van der Waals surface area contributed by atoms with Crippen molar-refractivity contribution in [3.05, 3.63) is 47.4 Å². The highest BCUT2D eigenvalue weighted by Gasteiger charge is 2.23. The van der Waals surface area contributed by atoms with Gasteiger partial charge in [0.15, 0.2) is 5.78 Å². The smallest absolute Gasteiger partial charge is 0.223 e. The second kappa shape index (κ2) is 8.82. The van der Waals surface area contributed by atoms with E-state index in [2.05, 4.69) is 14.9 Å². The number of amides is 1. The topological polar surface area (TPSA) is 75.6 Å². The minimum atomic E-state index is -0.0657. The lowest BCUT2D eigenvalue weighted by atomic mass is 10.0. The Morgan fingerprint density at radius 1 is 1.04 bits per heavy atom. The number of aryl methyl sites for hydroxylation is 2. The molecule has 7 nitrogen and oxygen atoms in total. The summed E-state index contributed by atoms with van der Waals surface area (Å²) in [6.07, 6.45) is 1.96. The van der Waals surface area contributed by atoms with E-state index in [4.69, 9.17) is 4.74 Å². The number of carbonyl (C=O) groups excluding carboxylic acids is 2. The lowest BCUT2D eigenvalue weighted by Gasteiger charge is -2.35. The first-order valence-electron chi connectivity index (χ1n) is 9.47. The molecule has 0 bridgehead atoms. The average Bonchev–Trinajstić information content (AvgIpc) is 2.71. The summed E-state index contributed by atoms with van der Waals surface area (Å²) in [4.78, 5) is 37.5. The van der Waals surface area contributed by atoms with Gasteiger partial charge >= 0.3 is 0 Å². The third kappa shape index (κ3) is 4.65. The molecule has 0 atom stereocenters. The molecule has 7 heteroatoms. The summed E-state index contributed by atoms with van der Waals surface area (Å²) in [5.74, 6) is 1.39. The summed E-state index contributed by atoms with van der Waals surface area (Å²) in [5, 5.41) is 0. The Balaban J connectivity index is 1.52. The molecular weight excluding hydrogens is 356 g/mol. The van der Waals surface area contributed by atoms with Gasteiger partial charge in [0.25, 0.3) is 0 Å². The van der Waals surface area contributed by atoms with Crippen LogP contribution in [0.15, 0.2) is 30.6 Å². The number of ether oxygens (including phenoxy) is 1. The fraction of sp³-hybridized carbons (Fsp3) is 0.429. The van der Waals surface area contributed by atoms with Gasteiger partial charge in [-0.1, -0.05) is 11.6 Å². The number of rotatable bonds is 6. The van der Waals surface area contributed by atoms with Gasteiger partial charge in [-0.15, -0.1) is 0 Å². The molecular formula is C21H26N4O3. The molecule has 1 fully saturated rings. The zero-order chi connectivity index (χ0) is 20.1. The molecule has 1 saturated heterocycles. The van der Waals surface area contributed by atoms with E-state index in [0.717, 1.165) is 30.2 Å². The number of carbonyl (C=O) groups is 2. The molecule has 2 heterocycles. The van der Waals surface area contributed by atoms with E-state index in [0.29, 0.717) is 24.4 Å². The number of hydrogen-bond donors (Lipinski definition) is 0. The van der Waals surface area contributed by atoms with Crippen molar-refractivity contribution in [2.24, 2.45) is 0 Å². The molecule has 0 saturated carbocycles. The number of nitrogens with zero attached hydrogens (tertiary/aromatic N) is 4. The number of piperazine rings is 1. The molecule has 0 N–H and O–H groups in total. The maximum Gasteiger partial charge on any atom is 0.223 e. The van der Waals surface area contributed by atoms with Crippen molar-refractivity contribution in [2.45, 2.75) is 26.7 Å². The Morgan fingerprint density at radius 3 is 2.46 bits per heavy atom. The van der Waals surface area contributed by atoms with E-state index in [9.17, 15) is 9.59 Å². The third-order valence-electron chi connectivity index (χ3n) is 4.97. The van der Waals surface area contributed by atoms with Gasteiger partial charge in [0.1, 0.15) is 17.9 Å². The van der Waals surface area contributed by atoms with Crippen molar-refractivity contribution in [2.75, 3.05) is 38.2 Å². The van der Waals surface area contributed by atoms with E-state index in [1.807, 2.05) is 36.9 Å². The van der Waals surface area contributed by atoms with E-state index < -0.39 is 0 Å². The van der Waals surface area contributed by atoms with Crippen LogP contribution in [0.5, 0.6) is 5.75 Å². The molecule has 0 aliphatic carbocycles. The highest BCUT2D eigenvalue weighted by Crippen LogP contribution is 2.22. The predicted octanol–water partition coefficient (Wildman–Crippen LogP) is 2.41. The van der Waals surface area contributed by atoms with Crippen LogP contribution in [0, 0.1) is 13.8 Å². The van der Waals surface area contributed by atoms with Crippen LogP contribution in [0.25, 0.3) is 0 Å². The highest BCUT2D eigenvalue weighted by molar-refractivity contribution is 6.00. The Kier molecular flexibility index (Phi) is 6.23. The number of benzene rings is 1. The van der Waals surface area contributed by atoms with Crippen molar-refractivity contribution in [3.8, 4) is 5.75 Å². The number of aromatic nitrogens is 2. The zero-order valence-corrected chi connectivity index (χ0v) is 16.6. The second-order valence-electron chi connectivity index (χ2n) is 7.01. The van der Waals surface area contributed by atoms with Gasteiger partial charge < -0.3 is 14.5 Å². The summed E-state index contributed by atoms with van der Waals surface area (Å²) < 4.78 is 5.27. The second-order valence-corrected chi connectivity index (χ2v) is 7.01. The maximum absolute atomic E-state index is 12.6. The minimum Gasteiger partial charge on any atom is -0.496 e. The van der Waals surface area contributed by atoms with Crippen LogP contribution in [-0.2, 0) is 4.79 Å². The van der Waals surface area contributed by atoms with Crippen LogP contribution in [0.3, 0.4) is 0 Å². The van der Waals surface area contributed by atoms with Crippen molar-refractivity contribution in [1.29, 1.82) is 0 Å². The molecule has 2 aromatic rings. The van der Waals surface area contributed by atoms with Crippen LogP contribution in [0.2, 0.25) is 0 Å². The normalized spacial score (nSPS) is 14.1. The van der Waals surface area contributed by atoms with Gasteiger partial charge in [-0.2, -0.15) is 0 Å². The molecule has 1 aromatic carbocycles. The third-order valence-corrected chi connectivity index (χ3v) is 4.97. The lowest BCUT2D eigenvalue weighted by molar-refractivity contribution is -0.131. The molecule has 3 rings (SSSR count). The van der Waals surface area contributed by atoms with Crippen molar-refractivity contribution in [3.63, 3.8) is 0 Å². The Morgan fingerprint density at radius 2 is 1.79 bits per heavy atom. The number of ketones is 1.